The molecule has 76 heavy (non-hydrogen) atoms. The summed E-state index contributed by atoms with van der Waals surface area (Å²) in [5, 5.41) is 53.4. The van der Waals surface area contributed by atoms with Gasteiger partial charge in [-0.3, -0.25) is 0 Å². The fourth-order valence-corrected chi connectivity index (χ4v) is 10.7. The Bertz CT molecular complexity index is 4420. The van der Waals surface area contributed by atoms with Crippen LogP contribution < -0.4 is 0 Å². The summed E-state index contributed by atoms with van der Waals surface area (Å²) in [6.07, 6.45) is -4.93. The minimum absolute atomic E-state index is 0.171. The summed E-state index contributed by atoms with van der Waals surface area (Å²) < 4.78 is 53.0. The zero-order chi connectivity index (χ0) is 52.2. The average molecular weight is 982 g/mol. The van der Waals surface area contributed by atoms with E-state index < -0.39 is 11.7 Å². The largest absolute Gasteiger partial charge is 0.418 e. The summed E-state index contributed by atoms with van der Waals surface area (Å²) in [6, 6.07) is 71.9. The van der Waals surface area contributed by atoms with Crippen LogP contribution in [0.5, 0.6) is 0 Å². The van der Waals surface area contributed by atoms with E-state index in [0.717, 1.165) is 11.1 Å². The maximum Gasteiger partial charge on any atom is 0.418 e. The molecular formula is C66H34F3N7. The molecule has 2 heterocycles. The maximum atomic E-state index is 16.5. The summed E-state index contributed by atoms with van der Waals surface area (Å²) >= 11 is 0. The highest BCUT2D eigenvalue weighted by Crippen LogP contribution is 2.47. The number of benzene rings is 10. The zero-order valence-corrected chi connectivity index (χ0v) is 39.9. The molecule has 0 radical (unpaired) electrons. The lowest BCUT2D eigenvalue weighted by Crippen LogP contribution is -2.13. The van der Waals surface area contributed by atoms with Gasteiger partial charge in [-0.2, -0.15) is 39.5 Å². The molecule has 0 N–H and O–H groups in total. The van der Waals surface area contributed by atoms with E-state index in [1.54, 1.807) is 95.6 Å². The Hall–Kier alpha value is -11.0. The van der Waals surface area contributed by atoms with Crippen molar-refractivity contribution in [2.75, 3.05) is 0 Å². The summed E-state index contributed by atoms with van der Waals surface area (Å²) in [5.74, 6) is 0. The molecule has 10 heteroatoms. The normalized spacial score (nSPS) is 11.3. The predicted molar refractivity (Wildman–Crippen MR) is 291 cm³/mol. The van der Waals surface area contributed by atoms with Gasteiger partial charge in [0.2, 0.25) is 0 Å². The quantitative estimate of drug-likeness (QED) is 0.157. The van der Waals surface area contributed by atoms with Crippen LogP contribution in [0.3, 0.4) is 0 Å². The molecule has 10 aromatic carbocycles. The first kappa shape index (κ1) is 46.1. The second-order valence-electron chi connectivity index (χ2n) is 18.3. The number of nitriles is 5. The Balaban J connectivity index is 1.19. The van der Waals surface area contributed by atoms with Crippen molar-refractivity contribution in [1.82, 2.24) is 9.13 Å². The van der Waals surface area contributed by atoms with Crippen molar-refractivity contribution in [1.29, 1.82) is 26.3 Å². The lowest BCUT2D eigenvalue weighted by atomic mass is 9.96. The fraction of sp³-hybridized carbons (Fsp3) is 0.0152. The third kappa shape index (κ3) is 7.57. The molecule has 0 aliphatic rings. The zero-order valence-electron chi connectivity index (χ0n) is 39.9. The number of hydrogen-bond acceptors (Lipinski definition) is 5. The van der Waals surface area contributed by atoms with Gasteiger partial charge in [-0.1, -0.05) is 109 Å². The Morgan fingerprint density at radius 2 is 0.645 bits per heavy atom. The Morgan fingerprint density at radius 3 is 0.987 bits per heavy atom. The molecule has 0 aliphatic carbocycles. The van der Waals surface area contributed by atoms with Crippen LogP contribution in [0.2, 0.25) is 0 Å². The highest BCUT2D eigenvalue weighted by Gasteiger charge is 2.37. The van der Waals surface area contributed by atoms with Crippen LogP contribution in [0.4, 0.5) is 13.2 Å². The Kier molecular flexibility index (Phi) is 11.1. The SMILES string of the molecule is N#Cc1cccc(-c2cc(-n3c4ccc(-c5ccccc5C#N)cc4c4cc(-c5ccccc5C#N)ccc43)c(C(F)(F)F)cc2-n2c3ccc(-c4ccccc4C#N)cc3c3cc(-c4ccccc4C#N)ccc32)c1. The third-order valence-electron chi connectivity index (χ3n) is 14.2. The molecular weight excluding hydrogens is 948 g/mol. The van der Waals surface area contributed by atoms with E-state index in [4.69, 9.17) is 0 Å². The predicted octanol–water partition coefficient (Wildman–Crippen LogP) is 16.6. The van der Waals surface area contributed by atoms with Crippen molar-refractivity contribution >= 4 is 43.6 Å². The topological polar surface area (TPSA) is 129 Å². The van der Waals surface area contributed by atoms with Gasteiger partial charge in [0.15, 0.2) is 0 Å². The number of alkyl halides is 3. The Morgan fingerprint density at radius 1 is 0.303 bits per heavy atom. The van der Waals surface area contributed by atoms with Crippen molar-refractivity contribution in [3.63, 3.8) is 0 Å². The standard InChI is InChI=1S/C66H34F3N7/c67-66(68,69)59-34-64(75-60-24-20-42(50-16-5-1-11-46(50)36-71)29-55(60)56-30-43(21-25-61(56)75)51-17-6-2-12-47(51)37-72)54(41-15-9-10-40(28-41)35-70)33-65(59)76-62-26-22-44(52-18-7-3-13-48(52)38-73)31-57(62)58-32-45(23-27-63(58)76)53-19-8-4-14-49(53)39-74/h1-34H. The number of fused-ring (bicyclic) bond motifs is 6. The molecule has 0 unspecified atom stereocenters. The van der Waals surface area contributed by atoms with Gasteiger partial charge in [0, 0.05) is 27.1 Å². The first-order valence-electron chi connectivity index (χ1n) is 24.0. The average Bonchev–Trinajstić information content (AvgIpc) is 4.14. The lowest BCUT2D eigenvalue weighted by molar-refractivity contribution is -0.137. The van der Waals surface area contributed by atoms with Gasteiger partial charge in [0.05, 0.1) is 97.2 Å². The van der Waals surface area contributed by atoms with Gasteiger partial charge >= 0.3 is 6.18 Å². The summed E-state index contributed by atoms with van der Waals surface area (Å²) in [7, 11) is 0. The smallest absolute Gasteiger partial charge is 0.309 e. The minimum Gasteiger partial charge on any atom is -0.309 e. The number of rotatable bonds is 7. The number of nitrogens with zero attached hydrogens (tertiary/aromatic N) is 7. The lowest BCUT2D eigenvalue weighted by Gasteiger charge is -2.22. The summed E-state index contributed by atoms with van der Waals surface area (Å²) in [5.41, 5.74) is 9.64. The summed E-state index contributed by atoms with van der Waals surface area (Å²) in [4.78, 5) is 0. The molecule has 12 rings (SSSR count). The molecule has 12 aromatic rings. The molecule has 0 atom stereocenters. The van der Waals surface area contributed by atoms with E-state index in [2.05, 4.69) is 30.3 Å². The van der Waals surface area contributed by atoms with E-state index in [1.807, 2.05) is 114 Å². The molecule has 0 aliphatic heterocycles. The van der Waals surface area contributed by atoms with Crippen molar-refractivity contribution in [2.45, 2.75) is 6.18 Å². The van der Waals surface area contributed by atoms with Gasteiger partial charge in [0.25, 0.3) is 0 Å². The Labute approximate surface area is 433 Å². The number of halogens is 3. The number of hydrogen-bond donors (Lipinski definition) is 0. The first-order valence-corrected chi connectivity index (χ1v) is 24.0. The molecule has 0 fully saturated rings. The third-order valence-corrected chi connectivity index (χ3v) is 14.2. The van der Waals surface area contributed by atoms with E-state index in [1.165, 1.54) is 6.07 Å². The van der Waals surface area contributed by atoms with Gasteiger partial charge in [-0.05, 0) is 147 Å². The number of aromatic nitrogens is 2. The van der Waals surface area contributed by atoms with Crippen LogP contribution in [-0.2, 0) is 6.18 Å². The van der Waals surface area contributed by atoms with Crippen LogP contribution in [0, 0.1) is 56.7 Å². The van der Waals surface area contributed by atoms with E-state index >= 15 is 13.2 Å². The molecule has 7 nitrogen and oxygen atoms in total. The van der Waals surface area contributed by atoms with E-state index in [-0.39, 0.29) is 11.4 Å². The van der Waals surface area contributed by atoms with Crippen LogP contribution in [0.1, 0.15) is 33.4 Å². The van der Waals surface area contributed by atoms with Gasteiger partial charge in [-0.15, -0.1) is 0 Å². The second kappa shape index (κ2) is 18.3. The highest BCUT2D eigenvalue weighted by atomic mass is 19.4. The van der Waals surface area contributed by atoms with E-state index in [9.17, 15) is 26.3 Å². The van der Waals surface area contributed by atoms with Crippen molar-refractivity contribution < 1.29 is 13.2 Å². The fourth-order valence-electron chi connectivity index (χ4n) is 10.7. The minimum atomic E-state index is -4.93. The summed E-state index contributed by atoms with van der Waals surface area (Å²) in [6.45, 7) is 0. The van der Waals surface area contributed by atoms with Crippen LogP contribution in [0.15, 0.2) is 206 Å². The van der Waals surface area contributed by atoms with Crippen LogP contribution in [-0.4, -0.2) is 9.13 Å². The van der Waals surface area contributed by atoms with Crippen molar-refractivity contribution in [3.05, 3.63) is 240 Å². The van der Waals surface area contributed by atoms with Gasteiger partial charge in [-0.25, -0.2) is 0 Å². The van der Waals surface area contributed by atoms with E-state index in [0.29, 0.717) is 116 Å². The first-order chi connectivity index (χ1) is 37.1. The molecule has 354 valence electrons. The highest BCUT2D eigenvalue weighted by molar-refractivity contribution is 6.14. The van der Waals surface area contributed by atoms with Crippen molar-refractivity contribution in [3.8, 4) is 97.4 Å². The maximum absolute atomic E-state index is 16.5. The van der Waals surface area contributed by atoms with Crippen LogP contribution >= 0.6 is 0 Å². The van der Waals surface area contributed by atoms with Gasteiger partial charge < -0.3 is 9.13 Å². The van der Waals surface area contributed by atoms with Gasteiger partial charge in [0.1, 0.15) is 0 Å². The molecule has 0 saturated heterocycles. The molecule has 0 bridgehead atoms. The monoisotopic (exact) mass is 981 g/mol. The molecule has 0 saturated carbocycles. The van der Waals surface area contributed by atoms with Crippen molar-refractivity contribution in [2.24, 2.45) is 0 Å². The molecule has 2 aromatic heterocycles. The molecule has 0 amide bonds. The van der Waals surface area contributed by atoms with Crippen LogP contribution in [0.25, 0.3) is 111 Å². The molecule has 0 spiro atoms. The second-order valence-corrected chi connectivity index (χ2v) is 18.3.